The van der Waals surface area contributed by atoms with Crippen molar-refractivity contribution in [3.63, 3.8) is 0 Å². The zero-order chi connectivity index (χ0) is 47.9. The van der Waals surface area contributed by atoms with Crippen molar-refractivity contribution in [3.05, 3.63) is 36.5 Å². The summed E-state index contributed by atoms with van der Waals surface area (Å²) in [6.07, 6.45) is 68.8. The number of ether oxygens (including phenoxy) is 1. The van der Waals surface area contributed by atoms with E-state index >= 15 is 0 Å². The highest BCUT2D eigenvalue weighted by Crippen LogP contribution is 2.16. The highest BCUT2D eigenvalue weighted by Gasteiger charge is 2.18. The summed E-state index contributed by atoms with van der Waals surface area (Å²) in [5.74, 6) is -0.131. The Labute approximate surface area is 411 Å². The normalized spacial score (nSPS) is 12.8. The fraction of sp³-hybridized carbons (Fsp3) is 0.867. The molecule has 0 saturated heterocycles. The van der Waals surface area contributed by atoms with Gasteiger partial charge in [0.2, 0.25) is 5.91 Å². The first-order valence-corrected chi connectivity index (χ1v) is 29.3. The molecule has 0 spiro atoms. The number of hydrogen-bond donors (Lipinski definition) is 3. The van der Waals surface area contributed by atoms with Crippen molar-refractivity contribution in [2.45, 2.75) is 321 Å². The topological polar surface area (TPSA) is 95.9 Å². The molecule has 0 aromatic carbocycles. The van der Waals surface area contributed by atoms with Crippen LogP contribution < -0.4 is 5.32 Å². The van der Waals surface area contributed by atoms with Gasteiger partial charge in [0.15, 0.2) is 0 Å². The minimum Gasteiger partial charge on any atom is -0.466 e. The molecule has 0 aromatic heterocycles. The van der Waals surface area contributed by atoms with Gasteiger partial charge in [0.1, 0.15) is 0 Å². The Balaban J connectivity index is 3.54. The molecule has 6 heteroatoms. The van der Waals surface area contributed by atoms with Crippen LogP contribution in [0.2, 0.25) is 0 Å². The number of allylic oxidation sites excluding steroid dienone is 5. The van der Waals surface area contributed by atoms with E-state index in [1.165, 1.54) is 199 Å². The molecule has 0 fully saturated rings. The second-order valence-corrected chi connectivity index (χ2v) is 20.0. The molecule has 6 nitrogen and oxygen atoms in total. The van der Waals surface area contributed by atoms with Gasteiger partial charge in [-0.05, 0) is 83.5 Å². The molecule has 2 atom stereocenters. The fourth-order valence-corrected chi connectivity index (χ4v) is 8.86. The monoisotopic (exact) mass is 928 g/mol. The van der Waals surface area contributed by atoms with E-state index in [1.807, 2.05) is 6.08 Å². The van der Waals surface area contributed by atoms with Gasteiger partial charge in [0, 0.05) is 12.8 Å². The van der Waals surface area contributed by atoms with Gasteiger partial charge in [-0.1, -0.05) is 249 Å². The highest BCUT2D eigenvalue weighted by atomic mass is 16.5. The van der Waals surface area contributed by atoms with Gasteiger partial charge in [0.05, 0.1) is 25.4 Å². The lowest BCUT2D eigenvalue weighted by molar-refractivity contribution is -0.143. The Morgan fingerprint density at radius 2 is 0.712 bits per heavy atom. The summed E-state index contributed by atoms with van der Waals surface area (Å²) in [4.78, 5) is 24.5. The Hall–Kier alpha value is -1.92. The van der Waals surface area contributed by atoms with Crippen molar-refractivity contribution in [2.75, 3.05) is 13.2 Å². The minimum atomic E-state index is -0.864. The van der Waals surface area contributed by atoms with Crippen LogP contribution in [0, 0.1) is 0 Å². The zero-order valence-corrected chi connectivity index (χ0v) is 44.2. The Morgan fingerprint density at radius 3 is 1.08 bits per heavy atom. The molecule has 0 heterocycles. The predicted molar refractivity (Wildman–Crippen MR) is 287 cm³/mol. The summed E-state index contributed by atoms with van der Waals surface area (Å²) in [6, 6.07) is -0.650. The van der Waals surface area contributed by atoms with Crippen LogP contribution in [-0.4, -0.2) is 47.4 Å². The lowest BCUT2D eigenvalue weighted by atomic mass is 10.0. The van der Waals surface area contributed by atoms with Crippen LogP contribution in [0.1, 0.15) is 309 Å². The number of nitrogens with one attached hydrogen (secondary N) is 1. The average molecular weight is 929 g/mol. The molecule has 0 rings (SSSR count). The first-order chi connectivity index (χ1) is 32.5. The summed E-state index contributed by atoms with van der Waals surface area (Å²) in [7, 11) is 0. The van der Waals surface area contributed by atoms with Crippen LogP contribution in [0.25, 0.3) is 0 Å². The maximum absolute atomic E-state index is 12.5. The first-order valence-electron chi connectivity index (χ1n) is 29.3. The highest BCUT2D eigenvalue weighted by molar-refractivity contribution is 5.76. The molecule has 0 aliphatic heterocycles. The maximum Gasteiger partial charge on any atom is 0.305 e. The van der Waals surface area contributed by atoms with Crippen molar-refractivity contribution in [1.82, 2.24) is 5.32 Å². The Kier molecular flexibility index (Phi) is 54.1. The number of rotatable bonds is 54. The van der Waals surface area contributed by atoms with Crippen LogP contribution in [0.4, 0.5) is 0 Å². The molecule has 1 amide bonds. The van der Waals surface area contributed by atoms with E-state index in [2.05, 4.69) is 43.5 Å². The van der Waals surface area contributed by atoms with E-state index in [1.54, 1.807) is 6.08 Å². The van der Waals surface area contributed by atoms with Gasteiger partial charge in [-0.2, -0.15) is 0 Å². The molecule has 388 valence electrons. The molecule has 0 radical (unpaired) electrons. The van der Waals surface area contributed by atoms with E-state index in [-0.39, 0.29) is 18.5 Å². The Morgan fingerprint density at radius 1 is 0.409 bits per heavy atom. The molecular weight excluding hydrogens is 815 g/mol. The number of amides is 1. The lowest BCUT2D eigenvalue weighted by Gasteiger charge is -2.20. The van der Waals surface area contributed by atoms with Crippen LogP contribution in [-0.2, 0) is 14.3 Å². The second kappa shape index (κ2) is 55.7. The molecular formula is C60H113NO5. The molecule has 2 unspecified atom stereocenters. The standard InChI is InChI=1S/C60H113NO5/c1-3-5-7-9-11-13-15-17-19-21-22-23-24-26-27-29-32-36-40-44-48-52-58(63)57(56-62)61-59(64)53-49-45-41-37-33-31-35-39-43-47-51-55-66-60(65)54-50-46-42-38-34-30-28-25-20-18-16-14-12-10-8-6-4-2/h18,20,35,39,48,52,57-58,62-63H,3-17,19,21-34,36-38,40-47,49-51,53-56H2,1-2H3,(H,61,64)/b20-18-,39-35-,52-48+. The van der Waals surface area contributed by atoms with Crippen LogP contribution in [0.5, 0.6) is 0 Å². The fourth-order valence-electron chi connectivity index (χ4n) is 8.86. The van der Waals surface area contributed by atoms with Crippen LogP contribution in [0.3, 0.4) is 0 Å². The van der Waals surface area contributed by atoms with Crippen LogP contribution >= 0.6 is 0 Å². The molecule has 0 saturated carbocycles. The zero-order valence-electron chi connectivity index (χ0n) is 44.2. The molecule has 0 aromatic rings. The van der Waals surface area contributed by atoms with E-state index < -0.39 is 12.1 Å². The summed E-state index contributed by atoms with van der Waals surface area (Å²) in [6.45, 7) is 4.83. The summed E-state index contributed by atoms with van der Waals surface area (Å²) >= 11 is 0. The third-order valence-corrected chi connectivity index (χ3v) is 13.4. The summed E-state index contributed by atoms with van der Waals surface area (Å²) in [5.41, 5.74) is 0. The smallest absolute Gasteiger partial charge is 0.305 e. The van der Waals surface area contributed by atoms with E-state index in [0.717, 1.165) is 83.5 Å². The third kappa shape index (κ3) is 51.5. The van der Waals surface area contributed by atoms with Crippen LogP contribution in [0.15, 0.2) is 36.5 Å². The number of carbonyl (C=O) groups excluding carboxylic acids is 2. The van der Waals surface area contributed by atoms with Crippen molar-refractivity contribution in [2.24, 2.45) is 0 Å². The SMILES string of the molecule is CCCCCCCC/C=C\CCCCCCCCCC(=O)OCCCC/C=C\CCCCCCCC(=O)NC(CO)C(O)/C=C/CCCCCCCCCCCCCCCCCCCCC. The van der Waals surface area contributed by atoms with Gasteiger partial charge in [0.25, 0.3) is 0 Å². The van der Waals surface area contributed by atoms with Crippen molar-refractivity contribution in [3.8, 4) is 0 Å². The predicted octanol–water partition coefficient (Wildman–Crippen LogP) is 18.0. The Bertz CT molecular complexity index is 1070. The molecule has 66 heavy (non-hydrogen) atoms. The number of esters is 1. The van der Waals surface area contributed by atoms with Gasteiger partial charge in [-0.15, -0.1) is 0 Å². The third-order valence-electron chi connectivity index (χ3n) is 13.4. The van der Waals surface area contributed by atoms with Gasteiger partial charge in [-0.3, -0.25) is 9.59 Å². The quantitative estimate of drug-likeness (QED) is 0.0321. The van der Waals surface area contributed by atoms with Crippen molar-refractivity contribution >= 4 is 11.9 Å². The second-order valence-electron chi connectivity index (χ2n) is 20.0. The molecule has 3 N–H and O–H groups in total. The largest absolute Gasteiger partial charge is 0.466 e. The van der Waals surface area contributed by atoms with E-state index in [4.69, 9.17) is 4.74 Å². The number of aliphatic hydroxyl groups is 2. The van der Waals surface area contributed by atoms with Gasteiger partial charge >= 0.3 is 5.97 Å². The summed E-state index contributed by atoms with van der Waals surface area (Å²) in [5, 5.41) is 23.1. The summed E-state index contributed by atoms with van der Waals surface area (Å²) < 4.78 is 5.45. The van der Waals surface area contributed by atoms with E-state index in [9.17, 15) is 19.8 Å². The van der Waals surface area contributed by atoms with Gasteiger partial charge in [-0.25, -0.2) is 0 Å². The molecule has 0 aliphatic rings. The first kappa shape index (κ1) is 64.1. The average Bonchev–Trinajstić information content (AvgIpc) is 3.32. The molecule has 0 aliphatic carbocycles. The van der Waals surface area contributed by atoms with E-state index in [0.29, 0.717) is 19.4 Å². The number of aliphatic hydroxyl groups excluding tert-OH is 2. The number of unbranched alkanes of at least 4 members (excludes halogenated alkanes) is 39. The maximum atomic E-state index is 12.5. The minimum absolute atomic E-state index is 0.0361. The number of carbonyl (C=O) groups is 2. The lowest BCUT2D eigenvalue weighted by Crippen LogP contribution is -2.45. The van der Waals surface area contributed by atoms with Crippen molar-refractivity contribution < 1.29 is 24.5 Å². The number of hydrogen-bond acceptors (Lipinski definition) is 5. The van der Waals surface area contributed by atoms with Gasteiger partial charge < -0.3 is 20.3 Å². The van der Waals surface area contributed by atoms with Crippen molar-refractivity contribution in [1.29, 1.82) is 0 Å². The molecule has 0 bridgehead atoms.